The molecule has 3 unspecified atom stereocenters. The van der Waals surface area contributed by atoms with Gasteiger partial charge in [-0.05, 0) is 32.7 Å². The van der Waals surface area contributed by atoms with E-state index in [4.69, 9.17) is 10.5 Å². The summed E-state index contributed by atoms with van der Waals surface area (Å²) in [5, 5.41) is 10.1. The summed E-state index contributed by atoms with van der Waals surface area (Å²) in [6.45, 7) is 3.28. The van der Waals surface area contributed by atoms with Gasteiger partial charge in [0.2, 0.25) is 0 Å². The molecule has 0 aromatic carbocycles. The maximum absolute atomic E-state index is 10.1. The summed E-state index contributed by atoms with van der Waals surface area (Å²) >= 11 is 0. The quantitative estimate of drug-likeness (QED) is 0.787. The van der Waals surface area contributed by atoms with E-state index >= 15 is 0 Å². The summed E-state index contributed by atoms with van der Waals surface area (Å²) < 4.78 is 5.62. The Bertz CT molecular complexity index is 254. The number of aliphatic hydroxyl groups excluding tert-OH is 1. The Labute approximate surface area is 110 Å². The van der Waals surface area contributed by atoms with Crippen molar-refractivity contribution >= 4 is 0 Å². The summed E-state index contributed by atoms with van der Waals surface area (Å²) in [6, 6.07) is 0.309. The van der Waals surface area contributed by atoms with E-state index in [9.17, 15) is 5.11 Å². The van der Waals surface area contributed by atoms with Crippen LogP contribution < -0.4 is 5.73 Å². The van der Waals surface area contributed by atoms with Crippen molar-refractivity contribution in [3.63, 3.8) is 0 Å². The molecule has 2 rings (SSSR count). The highest BCUT2D eigenvalue weighted by atomic mass is 16.5. The van der Waals surface area contributed by atoms with Crippen LogP contribution in [0, 0.1) is 5.41 Å². The van der Waals surface area contributed by atoms with Gasteiger partial charge in [-0.15, -0.1) is 0 Å². The molecule has 0 aromatic rings. The van der Waals surface area contributed by atoms with Crippen molar-refractivity contribution < 1.29 is 9.84 Å². The van der Waals surface area contributed by atoms with Gasteiger partial charge in [-0.1, -0.05) is 12.8 Å². The molecule has 4 heteroatoms. The number of aliphatic hydroxyl groups is 1. The first kappa shape index (κ1) is 14.3. The number of hydrogen-bond acceptors (Lipinski definition) is 4. The molecule has 1 aliphatic carbocycles. The summed E-state index contributed by atoms with van der Waals surface area (Å²) in [5.74, 6) is 0. The van der Waals surface area contributed by atoms with Gasteiger partial charge < -0.3 is 20.5 Å². The molecule has 2 aliphatic rings. The van der Waals surface area contributed by atoms with Crippen LogP contribution in [0.25, 0.3) is 0 Å². The highest BCUT2D eigenvalue weighted by molar-refractivity contribution is 4.89. The zero-order chi connectivity index (χ0) is 13.0. The Kier molecular flexibility index (Phi) is 5.01. The molecule has 3 N–H and O–H groups in total. The second-order valence-electron chi connectivity index (χ2n) is 6.19. The SMILES string of the molecule is CN(CC1(CN)CCCOC1)C1CCCCC1O. The van der Waals surface area contributed by atoms with Crippen molar-refractivity contribution in [3.8, 4) is 0 Å². The summed E-state index contributed by atoms with van der Waals surface area (Å²) in [7, 11) is 2.13. The zero-order valence-corrected chi connectivity index (χ0v) is 11.6. The van der Waals surface area contributed by atoms with E-state index in [0.717, 1.165) is 51.9 Å². The Balaban J connectivity index is 1.93. The van der Waals surface area contributed by atoms with E-state index in [1.807, 2.05) is 0 Å². The van der Waals surface area contributed by atoms with E-state index in [0.29, 0.717) is 12.6 Å². The Morgan fingerprint density at radius 1 is 1.33 bits per heavy atom. The third-order valence-corrected chi connectivity index (χ3v) is 4.68. The summed E-state index contributed by atoms with van der Waals surface area (Å²) in [6.07, 6.45) is 6.55. The fraction of sp³-hybridized carbons (Fsp3) is 1.00. The lowest BCUT2D eigenvalue weighted by molar-refractivity contribution is -0.0425. The van der Waals surface area contributed by atoms with Crippen LogP contribution in [-0.4, -0.2) is 55.5 Å². The van der Waals surface area contributed by atoms with E-state index in [1.165, 1.54) is 6.42 Å². The molecule has 0 spiro atoms. The van der Waals surface area contributed by atoms with Gasteiger partial charge in [0.25, 0.3) is 0 Å². The van der Waals surface area contributed by atoms with Gasteiger partial charge in [0, 0.05) is 31.2 Å². The van der Waals surface area contributed by atoms with E-state index in [2.05, 4.69) is 11.9 Å². The average molecular weight is 256 g/mol. The molecule has 4 nitrogen and oxygen atoms in total. The van der Waals surface area contributed by atoms with Gasteiger partial charge in [-0.3, -0.25) is 0 Å². The lowest BCUT2D eigenvalue weighted by Gasteiger charge is -2.43. The molecule has 0 amide bonds. The maximum atomic E-state index is 10.1. The van der Waals surface area contributed by atoms with Gasteiger partial charge in [-0.25, -0.2) is 0 Å². The molecule has 1 saturated carbocycles. The van der Waals surface area contributed by atoms with Crippen molar-refractivity contribution in [2.75, 3.05) is 33.4 Å². The fourth-order valence-corrected chi connectivity index (χ4v) is 3.51. The van der Waals surface area contributed by atoms with Gasteiger partial charge in [-0.2, -0.15) is 0 Å². The van der Waals surface area contributed by atoms with Crippen LogP contribution in [0.3, 0.4) is 0 Å². The topological polar surface area (TPSA) is 58.7 Å². The third-order valence-electron chi connectivity index (χ3n) is 4.68. The van der Waals surface area contributed by atoms with Crippen molar-refractivity contribution in [2.45, 2.75) is 50.7 Å². The van der Waals surface area contributed by atoms with Crippen LogP contribution in [0.5, 0.6) is 0 Å². The van der Waals surface area contributed by atoms with Gasteiger partial charge in [0.15, 0.2) is 0 Å². The number of hydrogen-bond donors (Lipinski definition) is 2. The fourth-order valence-electron chi connectivity index (χ4n) is 3.51. The van der Waals surface area contributed by atoms with Crippen molar-refractivity contribution in [1.82, 2.24) is 4.90 Å². The lowest BCUT2D eigenvalue weighted by Crippen LogP contribution is -2.52. The minimum atomic E-state index is -0.164. The Hall–Kier alpha value is -0.160. The first-order valence-corrected chi connectivity index (χ1v) is 7.33. The number of nitrogens with two attached hydrogens (primary N) is 1. The van der Waals surface area contributed by atoms with E-state index in [1.54, 1.807) is 0 Å². The number of likely N-dealkylation sites (N-methyl/N-ethyl adjacent to an activating group) is 1. The standard InChI is InChI=1S/C14H28N2O2/c1-16(12-5-2-3-6-13(12)17)10-14(9-15)7-4-8-18-11-14/h12-13,17H,2-11,15H2,1H3. The minimum Gasteiger partial charge on any atom is -0.391 e. The largest absolute Gasteiger partial charge is 0.391 e. The average Bonchev–Trinajstić information content (AvgIpc) is 2.40. The molecule has 106 valence electrons. The molecule has 3 atom stereocenters. The first-order valence-electron chi connectivity index (χ1n) is 7.33. The smallest absolute Gasteiger partial charge is 0.0695 e. The van der Waals surface area contributed by atoms with Crippen molar-refractivity contribution in [3.05, 3.63) is 0 Å². The number of rotatable bonds is 4. The van der Waals surface area contributed by atoms with Gasteiger partial charge in [0.1, 0.15) is 0 Å². The predicted molar refractivity (Wildman–Crippen MR) is 72.4 cm³/mol. The highest BCUT2D eigenvalue weighted by Crippen LogP contribution is 2.31. The molecule has 2 fully saturated rings. The second kappa shape index (κ2) is 6.33. The molecule has 0 bridgehead atoms. The van der Waals surface area contributed by atoms with Crippen LogP contribution in [0.1, 0.15) is 38.5 Å². The zero-order valence-electron chi connectivity index (χ0n) is 11.6. The molecule has 0 aromatic heterocycles. The highest BCUT2D eigenvalue weighted by Gasteiger charge is 2.36. The maximum Gasteiger partial charge on any atom is 0.0695 e. The molecule has 1 aliphatic heterocycles. The summed E-state index contributed by atoms with van der Waals surface area (Å²) in [4.78, 5) is 2.32. The second-order valence-corrected chi connectivity index (χ2v) is 6.19. The van der Waals surface area contributed by atoms with Crippen LogP contribution in [0.15, 0.2) is 0 Å². The molecule has 0 radical (unpaired) electrons. The molecule has 1 saturated heterocycles. The molecule has 1 heterocycles. The normalized spacial score (nSPS) is 38.0. The first-order chi connectivity index (χ1) is 8.67. The van der Waals surface area contributed by atoms with Gasteiger partial charge in [0.05, 0.1) is 12.7 Å². The Morgan fingerprint density at radius 2 is 2.11 bits per heavy atom. The molecule has 18 heavy (non-hydrogen) atoms. The van der Waals surface area contributed by atoms with Crippen LogP contribution >= 0.6 is 0 Å². The van der Waals surface area contributed by atoms with Crippen molar-refractivity contribution in [1.29, 1.82) is 0 Å². The number of ether oxygens (including phenoxy) is 1. The molecular weight excluding hydrogens is 228 g/mol. The van der Waals surface area contributed by atoms with E-state index in [-0.39, 0.29) is 11.5 Å². The van der Waals surface area contributed by atoms with E-state index < -0.39 is 0 Å². The molecular formula is C14H28N2O2. The minimum absolute atomic E-state index is 0.101. The van der Waals surface area contributed by atoms with Crippen molar-refractivity contribution in [2.24, 2.45) is 11.1 Å². The lowest BCUT2D eigenvalue weighted by atomic mass is 9.81. The summed E-state index contributed by atoms with van der Waals surface area (Å²) in [5.41, 5.74) is 6.08. The monoisotopic (exact) mass is 256 g/mol. The Morgan fingerprint density at radius 3 is 2.72 bits per heavy atom. The van der Waals surface area contributed by atoms with Crippen LogP contribution in [-0.2, 0) is 4.74 Å². The predicted octanol–water partition coefficient (Wildman–Crippen LogP) is 0.977. The van der Waals surface area contributed by atoms with Crippen LogP contribution in [0.2, 0.25) is 0 Å². The van der Waals surface area contributed by atoms with Gasteiger partial charge >= 0.3 is 0 Å². The third kappa shape index (κ3) is 3.23. The number of nitrogens with zero attached hydrogens (tertiary/aromatic N) is 1. The van der Waals surface area contributed by atoms with Crippen LogP contribution in [0.4, 0.5) is 0 Å².